The molecule has 0 bridgehead atoms. The van der Waals surface area contributed by atoms with Gasteiger partial charge in [0.1, 0.15) is 0 Å². The van der Waals surface area contributed by atoms with Gasteiger partial charge in [0.05, 0.1) is 5.56 Å². The summed E-state index contributed by atoms with van der Waals surface area (Å²) in [4.78, 5) is 0. The van der Waals surface area contributed by atoms with Gasteiger partial charge in [0.15, 0.2) is 0 Å². The molecule has 1 heterocycles. The van der Waals surface area contributed by atoms with Crippen molar-refractivity contribution in [1.82, 2.24) is 15.5 Å². The van der Waals surface area contributed by atoms with Crippen LogP contribution < -0.4 is 5.32 Å². The number of nitrogens with zero attached hydrogens (tertiary/aromatic N) is 2. The molecule has 0 aliphatic carbocycles. The Hall–Kier alpha value is -0.720. The minimum absolute atomic E-state index is 0.554. The minimum atomic E-state index is 0.554. The van der Waals surface area contributed by atoms with Crippen LogP contribution >= 0.6 is 31.9 Å². The monoisotopic (exact) mass is 387 g/mol. The summed E-state index contributed by atoms with van der Waals surface area (Å²) in [7, 11) is 0. The molecule has 1 aromatic carbocycles. The Morgan fingerprint density at radius 1 is 1.26 bits per heavy atom. The molecule has 0 atom stereocenters. The maximum atomic E-state index is 5.68. The summed E-state index contributed by atoms with van der Waals surface area (Å²) in [5.41, 5.74) is 0.911. The predicted molar refractivity (Wildman–Crippen MR) is 82.0 cm³/mol. The summed E-state index contributed by atoms with van der Waals surface area (Å²) in [6.07, 6.45) is 1.80. The Morgan fingerprint density at radius 3 is 2.84 bits per heavy atom. The molecule has 0 radical (unpaired) electrons. The highest BCUT2D eigenvalue weighted by Gasteiger charge is 2.11. The second-order valence-corrected chi connectivity index (χ2v) is 5.85. The summed E-state index contributed by atoms with van der Waals surface area (Å²) in [6, 6.07) is 5.86. The van der Waals surface area contributed by atoms with Gasteiger partial charge in [-0.2, -0.15) is 0 Å². The largest absolute Gasteiger partial charge is 0.421 e. The van der Waals surface area contributed by atoms with Crippen molar-refractivity contribution in [3.63, 3.8) is 0 Å². The van der Waals surface area contributed by atoms with E-state index in [0.717, 1.165) is 40.4 Å². The minimum Gasteiger partial charge on any atom is -0.421 e. The first-order valence-corrected chi connectivity index (χ1v) is 7.78. The number of rotatable bonds is 6. The van der Waals surface area contributed by atoms with Gasteiger partial charge >= 0.3 is 0 Å². The Balaban J connectivity index is 2.04. The number of halogens is 2. The highest BCUT2D eigenvalue weighted by Crippen LogP contribution is 2.29. The van der Waals surface area contributed by atoms with E-state index in [2.05, 4.69) is 54.3 Å². The number of hydrogen-bond donors (Lipinski definition) is 1. The highest BCUT2D eigenvalue weighted by atomic mass is 79.9. The third kappa shape index (κ3) is 4.12. The average molecular weight is 389 g/mol. The van der Waals surface area contributed by atoms with Gasteiger partial charge in [-0.15, -0.1) is 10.2 Å². The maximum Gasteiger partial charge on any atom is 0.248 e. The molecule has 0 aliphatic rings. The summed E-state index contributed by atoms with van der Waals surface area (Å²) < 4.78 is 7.62. The molecule has 2 rings (SSSR count). The smallest absolute Gasteiger partial charge is 0.248 e. The van der Waals surface area contributed by atoms with Crippen molar-refractivity contribution in [2.24, 2.45) is 0 Å². The molecule has 0 fully saturated rings. The second-order valence-electron chi connectivity index (χ2n) is 4.08. The molecule has 1 aromatic heterocycles. The normalized spacial score (nSPS) is 10.9. The molecule has 2 aromatic rings. The third-order valence-corrected chi connectivity index (χ3v) is 3.77. The van der Waals surface area contributed by atoms with Crippen LogP contribution in [0.2, 0.25) is 0 Å². The van der Waals surface area contributed by atoms with Gasteiger partial charge in [0.2, 0.25) is 11.8 Å². The molecular formula is C13H15Br2N3O. The van der Waals surface area contributed by atoms with Gasteiger partial charge in [0, 0.05) is 15.4 Å². The van der Waals surface area contributed by atoms with Gasteiger partial charge in [-0.3, -0.25) is 0 Å². The van der Waals surface area contributed by atoms with Crippen LogP contribution in [0.1, 0.15) is 19.2 Å². The van der Waals surface area contributed by atoms with Gasteiger partial charge < -0.3 is 9.73 Å². The van der Waals surface area contributed by atoms with Crippen LogP contribution in [0.25, 0.3) is 11.5 Å². The lowest BCUT2D eigenvalue weighted by atomic mass is 10.2. The maximum absolute atomic E-state index is 5.68. The summed E-state index contributed by atoms with van der Waals surface area (Å²) in [5.74, 6) is 1.24. The third-order valence-electron chi connectivity index (χ3n) is 2.62. The number of aromatic nitrogens is 2. The first-order valence-electron chi connectivity index (χ1n) is 6.19. The van der Waals surface area contributed by atoms with Crippen LogP contribution in [0, 0.1) is 0 Å². The van der Waals surface area contributed by atoms with Crippen molar-refractivity contribution in [3.05, 3.63) is 33.0 Å². The SMILES string of the molecule is CCNCCCc1nnc(-c2ccc(Br)cc2Br)o1. The van der Waals surface area contributed by atoms with E-state index in [1.165, 1.54) is 0 Å². The number of hydrogen-bond acceptors (Lipinski definition) is 4. The summed E-state index contributed by atoms with van der Waals surface area (Å²) >= 11 is 6.92. The van der Waals surface area contributed by atoms with E-state index in [0.29, 0.717) is 11.8 Å². The Kier molecular flexibility index (Phi) is 5.54. The van der Waals surface area contributed by atoms with Crippen LogP contribution in [0.15, 0.2) is 31.6 Å². The van der Waals surface area contributed by atoms with Crippen LogP contribution in [-0.4, -0.2) is 23.3 Å². The van der Waals surface area contributed by atoms with Crippen LogP contribution in [0.3, 0.4) is 0 Å². The van der Waals surface area contributed by atoms with Gasteiger partial charge in [-0.05, 0) is 53.6 Å². The molecule has 0 aliphatic heterocycles. The van der Waals surface area contributed by atoms with Crippen molar-refractivity contribution in [2.45, 2.75) is 19.8 Å². The fourth-order valence-corrected chi connectivity index (χ4v) is 2.88. The van der Waals surface area contributed by atoms with E-state index < -0.39 is 0 Å². The van der Waals surface area contributed by atoms with Crippen LogP contribution in [-0.2, 0) is 6.42 Å². The van der Waals surface area contributed by atoms with Crippen molar-refractivity contribution in [1.29, 1.82) is 0 Å². The first-order chi connectivity index (χ1) is 9.20. The zero-order chi connectivity index (χ0) is 13.7. The molecule has 4 nitrogen and oxygen atoms in total. The first kappa shape index (κ1) is 14.7. The molecule has 0 amide bonds. The van der Waals surface area contributed by atoms with Crippen LogP contribution in [0.5, 0.6) is 0 Å². The quantitative estimate of drug-likeness (QED) is 0.764. The van der Waals surface area contributed by atoms with E-state index in [1.54, 1.807) is 0 Å². The number of nitrogens with one attached hydrogen (secondary N) is 1. The predicted octanol–water partition coefficient (Wildman–Crippen LogP) is 3.80. The van der Waals surface area contributed by atoms with Crippen molar-refractivity contribution in [3.8, 4) is 11.5 Å². The van der Waals surface area contributed by atoms with E-state index in [-0.39, 0.29) is 0 Å². The van der Waals surface area contributed by atoms with Crippen molar-refractivity contribution < 1.29 is 4.42 Å². The lowest BCUT2D eigenvalue weighted by Crippen LogP contribution is -2.14. The van der Waals surface area contributed by atoms with Gasteiger partial charge in [-0.25, -0.2) is 0 Å². The van der Waals surface area contributed by atoms with Gasteiger partial charge in [-0.1, -0.05) is 22.9 Å². The standard InChI is InChI=1S/C13H15Br2N3O/c1-2-16-7-3-4-12-17-18-13(19-12)10-6-5-9(14)8-11(10)15/h5-6,8,16H,2-4,7H2,1H3. The van der Waals surface area contributed by atoms with E-state index in [9.17, 15) is 0 Å². The Labute approximate surface area is 129 Å². The molecule has 0 spiro atoms. The van der Waals surface area contributed by atoms with E-state index >= 15 is 0 Å². The lowest BCUT2D eigenvalue weighted by molar-refractivity contribution is 0.492. The topological polar surface area (TPSA) is 51.0 Å². The van der Waals surface area contributed by atoms with Gasteiger partial charge in [0.25, 0.3) is 0 Å². The second kappa shape index (κ2) is 7.17. The molecule has 102 valence electrons. The molecule has 0 unspecified atom stereocenters. The molecule has 0 saturated heterocycles. The molecule has 0 saturated carbocycles. The number of aryl methyl sites for hydroxylation is 1. The Bertz CT molecular complexity index is 542. The molecule has 19 heavy (non-hydrogen) atoms. The zero-order valence-corrected chi connectivity index (χ0v) is 13.8. The molecular weight excluding hydrogens is 374 g/mol. The lowest BCUT2D eigenvalue weighted by Gasteiger charge is -2.00. The van der Waals surface area contributed by atoms with Crippen molar-refractivity contribution >= 4 is 31.9 Å². The highest BCUT2D eigenvalue weighted by molar-refractivity contribution is 9.11. The van der Waals surface area contributed by atoms with E-state index in [1.807, 2.05) is 18.2 Å². The van der Waals surface area contributed by atoms with E-state index in [4.69, 9.17) is 4.42 Å². The summed E-state index contributed by atoms with van der Waals surface area (Å²) in [6.45, 7) is 4.05. The van der Waals surface area contributed by atoms with Crippen molar-refractivity contribution in [2.75, 3.05) is 13.1 Å². The number of benzene rings is 1. The van der Waals surface area contributed by atoms with Crippen LogP contribution in [0.4, 0.5) is 0 Å². The Morgan fingerprint density at radius 2 is 2.11 bits per heavy atom. The zero-order valence-electron chi connectivity index (χ0n) is 10.6. The average Bonchev–Trinajstić information content (AvgIpc) is 2.83. The summed E-state index contributed by atoms with van der Waals surface area (Å²) in [5, 5.41) is 11.4. The molecule has 1 N–H and O–H groups in total. The fourth-order valence-electron chi connectivity index (χ4n) is 1.67. The molecule has 6 heteroatoms. The fraction of sp³-hybridized carbons (Fsp3) is 0.385.